The van der Waals surface area contributed by atoms with Gasteiger partial charge >= 0.3 is 0 Å². The number of hydrogen-bond acceptors (Lipinski definition) is 5. The zero-order valence-corrected chi connectivity index (χ0v) is 11.8. The molecule has 1 unspecified atom stereocenters. The fraction of sp³-hybridized carbons (Fsp3) is 0.308. The summed E-state index contributed by atoms with van der Waals surface area (Å²) in [6, 6.07) is 7.58. The van der Waals surface area contributed by atoms with Crippen molar-refractivity contribution in [1.82, 2.24) is 9.71 Å². The fourth-order valence-electron chi connectivity index (χ4n) is 1.92. The van der Waals surface area contributed by atoms with Gasteiger partial charge in [-0.1, -0.05) is 6.07 Å². The molecule has 108 valence electrons. The molecule has 2 rings (SSSR count). The van der Waals surface area contributed by atoms with Crippen LogP contribution in [0.5, 0.6) is 0 Å². The number of ether oxygens (including phenoxy) is 1. The third-order valence-corrected chi connectivity index (χ3v) is 4.38. The highest BCUT2D eigenvalue weighted by Crippen LogP contribution is 2.21. The molecule has 1 heterocycles. The maximum atomic E-state index is 12.4. The van der Waals surface area contributed by atoms with Crippen LogP contribution < -0.4 is 4.72 Å². The van der Waals surface area contributed by atoms with E-state index in [4.69, 9.17) is 9.84 Å². The maximum Gasteiger partial charge on any atom is 0.241 e. The Morgan fingerprint density at radius 3 is 2.85 bits per heavy atom. The maximum absolute atomic E-state index is 12.4. The van der Waals surface area contributed by atoms with Crippen LogP contribution >= 0.6 is 0 Å². The number of sulfonamides is 1. The SMILES string of the molecule is COCC(CO)NS(=O)(=O)c1cccc2ncccc12. The van der Waals surface area contributed by atoms with E-state index in [-0.39, 0.29) is 18.1 Å². The van der Waals surface area contributed by atoms with Gasteiger partial charge in [-0.15, -0.1) is 0 Å². The first-order valence-electron chi connectivity index (χ1n) is 6.04. The van der Waals surface area contributed by atoms with Crippen molar-refractivity contribution in [3.8, 4) is 0 Å². The molecule has 1 aromatic heterocycles. The second-order valence-electron chi connectivity index (χ2n) is 4.28. The van der Waals surface area contributed by atoms with Gasteiger partial charge in [-0.2, -0.15) is 0 Å². The predicted octanol–water partition coefficient (Wildman–Crippen LogP) is 0.520. The minimum absolute atomic E-state index is 0.0960. The number of aliphatic hydroxyl groups is 1. The van der Waals surface area contributed by atoms with Crippen molar-refractivity contribution in [2.24, 2.45) is 0 Å². The molecule has 0 amide bonds. The number of rotatable bonds is 6. The summed E-state index contributed by atoms with van der Waals surface area (Å²) in [6.07, 6.45) is 1.60. The van der Waals surface area contributed by atoms with Gasteiger partial charge < -0.3 is 9.84 Å². The second kappa shape index (κ2) is 6.27. The number of pyridine rings is 1. The van der Waals surface area contributed by atoms with E-state index < -0.39 is 16.1 Å². The molecule has 0 aliphatic rings. The van der Waals surface area contributed by atoms with Crippen molar-refractivity contribution in [3.05, 3.63) is 36.5 Å². The lowest BCUT2D eigenvalue weighted by Gasteiger charge is -2.16. The van der Waals surface area contributed by atoms with Crippen LogP contribution in [-0.4, -0.2) is 44.9 Å². The summed E-state index contributed by atoms with van der Waals surface area (Å²) < 4.78 is 32.1. The van der Waals surface area contributed by atoms with Crippen molar-refractivity contribution >= 4 is 20.9 Å². The third kappa shape index (κ3) is 3.13. The topological polar surface area (TPSA) is 88.5 Å². The minimum Gasteiger partial charge on any atom is -0.395 e. The van der Waals surface area contributed by atoms with Gasteiger partial charge in [0.15, 0.2) is 0 Å². The smallest absolute Gasteiger partial charge is 0.241 e. The van der Waals surface area contributed by atoms with E-state index in [1.807, 2.05) is 0 Å². The highest BCUT2D eigenvalue weighted by Gasteiger charge is 2.21. The van der Waals surface area contributed by atoms with E-state index in [2.05, 4.69) is 9.71 Å². The molecule has 0 bridgehead atoms. The van der Waals surface area contributed by atoms with Gasteiger partial charge in [-0.05, 0) is 24.3 Å². The Balaban J connectivity index is 2.41. The second-order valence-corrected chi connectivity index (χ2v) is 5.96. The molecule has 0 aliphatic carbocycles. The lowest BCUT2D eigenvalue weighted by atomic mass is 10.2. The molecule has 0 spiro atoms. The van der Waals surface area contributed by atoms with E-state index >= 15 is 0 Å². The number of fused-ring (bicyclic) bond motifs is 1. The number of methoxy groups -OCH3 is 1. The molecule has 0 radical (unpaired) electrons. The number of aromatic nitrogens is 1. The molecule has 1 atom stereocenters. The van der Waals surface area contributed by atoms with Crippen molar-refractivity contribution in [2.45, 2.75) is 10.9 Å². The Bertz CT molecular complexity index is 682. The zero-order chi connectivity index (χ0) is 14.6. The first kappa shape index (κ1) is 14.9. The third-order valence-electron chi connectivity index (χ3n) is 2.81. The van der Waals surface area contributed by atoms with Crippen LogP contribution in [0.15, 0.2) is 41.4 Å². The molecular formula is C13H16N2O4S. The first-order valence-corrected chi connectivity index (χ1v) is 7.52. The summed E-state index contributed by atoms with van der Waals surface area (Å²) in [5.41, 5.74) is 0.600. The number of nitrogens with zero attached hydrogens (tertiary/aromatic N) is 1. The van der Waals surface area contributed by atoms with Crippen molar-refractivity contribution in [2.75, 3.05) is 20.3 Å². The summed E-state index contributed by atoms with van der Waals surface area (Å²) >= 11 is 0. The van der Waals surface area contributed by atoms with Crippen LogP contribution in [0.1, 0.15) is 0 Å². The molecule has 2 N–H and O–H groups in total. The summed E-state index contributed by atoms with van der Waals surface area (Å²) in [5.74, 6) is 0. The van der Waals surface area contributed by atoms with Crippen LogP contribution in [0.25, 0.3) is 10.9 Å². The Morgan fingerprint density at radius 2 is 2.15 bits per heavy atom. The molecule has 6 nitrogen and oxygen atoms in total. The number of nitrogens with one attached hydrogen (secondary N) is 1. The highest BCUT2D eigenvalue weighted by molar-refractivity contribution is 7.89. The number of benzene rings is 1. The van der Waals surface area contributed by atoms with Crippen LogP contribution in [0.2, 0.25) is 0 Å². The molecule has 20 heavy (non-hydrogen) atoms. The van der Waals surface area contributed by atoms with Crippen molar-refractivity contribution < 1.29 is 18.3 Å². The number of hydrogen-bond donors (Lipinski definition) is 2. The largest absolute Gasteiger partial charge is 0.395 e. The van der Waals surface area contributed by atoms with Gasteiger partial charge in [-0.3, -0.25) is 4.98 Å². The summed E-state index contributed by atoms with van der Waals surface area (Å²) in [4.78, 5) is 4.26. The molecule has 2 aromatic rings. The van der Waals surface area contributed by atoms with Crippen LogP contribution in [-0.2, 0) is 14.8 Å². The van der Waals surface area contributed by atoms with Gasteiger partial charge in [-0.25, -0.2) is 13.1 Å². The highest BCUT2D eigenvalue weighted by atomic mass is 32.2. The quantitative estimate of drug-likeness (QED) is 0.811. The molecule has 0 saturated heterocycles. The Morgan fingerprint density at radius 1 is 1.35 bits per heavy atom. The summed E-state index contributed by atoms with van der Waals surface area (Å²) in [5, 5.41) is 9.70. The molecule has 0 saturated carbocycles. The molecule has 0 fully saturated rings. The standard InChI is InChI=1S/C13H16N2O4S/c1-19-9-10(8-16)15-20(17,18)13-6-2-5-12-11(13)4-3-7-14-12/h2-7,10,15-16H,8-9H2,1H3. The molecule has 7 heteroatoms. The Hall–Kier alpha value is -1.54. The lowest BCUT2D eigenvalue weighted by Crippen LogP contribution is -2.40. The first-order chi connectivity index (χ1) is 9.58. The summed E-state index contributed by atoms with van der Waals surface area (Å²) in [7, 11) is -2.31. The van der Waals surface area contributed by atoms with E-state index in [1.165, 1.54) is 13.2 Å². The van der Waals surface area contributed by atoms with E-state index in [0.29, 0.717) is 10.9 Å². The fourth-order valence-corrected chi connectivity index (χ4v) is 3.35. The average molecular weight is 296 g/mol. The Kier molecular flexibility index (Phi) is 4.66. The van der Waals surface area contributed by atoms with E-state index in [9.17, 15) is 8.42 Å². The monoisotopic (exact) mass is 296 g/mol. The zero-order valence-electron chi connectivity index (χ0n) is 11.0. The van der Waals surface area contributed by atoms with Gasteiger partial charge in [0, 0.05) is 18.7 Å². The molecular weight excluding hydrogens is 280 g/mol. The normalized spacial score (nSPS) is 13.5. The van der Waals surface area contributed by atoms with Gasteiger partial charge in [0.2, 0.25) is 10.0 Å². The lowest BCUT2D eigenvalue weighted by molar-refractivity contribution is 0.139. The average Bonchev–Trinajstić information content (AvgIpc) is 2.46. The van der Waals surface area contributed by atoms with Crippen molar-refractivity contribution in [3.63, 3.8) is 0 Å². The van der Waals surface area contributed by atoms with Gasteiger partial charge in [0.25, 0.3) is 0 Å². The molecule has 1 aromatic carbocycles. The predicted molar refractivity (Wildman–Crippen MR) is 74.8 cm³/mol. The Labute approximate surface area is 117 Å². The summed E-state index contributed by atoms with van der Waals surface area (Å²) in [6.45, 7) is -0.241. The minimum atomic E-state index is -3.75. The molecule has 0 aliphatic heterocycles. The van der Waals surface area contributed by atoms with Crippen LogP contribution in [0, 0.1) is 0 Å². The van der Waals surface area contributed by atoms with E-state index in [0.717, 1.165) is 0 Å². The van der Waals surface area contributed by atoms with Crippen molar-refractivity contribution in [1.29, 1.82) is 0 Å². The van der Waals surface area contributed by atoms with Gasteiger partial charge in [0.05, 0.1) is 29.7 Å². The van der Waals surface area contributed by atoms with Crippen LogP contribution in [0.3, 0.4) is 0 Å². The van der Waals surface area contributed by atoms with Gasteiger partial charge in [0.1, 0.15) is 0 Å². The number of aliphatic hydroxyl groups excluding tert-OH is 1. The van der Waals surface area contributed by atoms with Crippen LogP contribution in [0.4, 0.5) is 0 Å². The van der Waals surface area contributed by atoms with E-state index in [1.54, 1.807) is 30.5 Å².